The van der Waals surface area contributed by atoms with Gasteiger partial charge in [-0.05, 0) is 38.5 Å². The number of carbonyl (C=O) groups is 1. The van der Waals surface area contributed by atoms with Gasteiger partial charge >= 0.3 is 5.97 Å². The average molecular weight is 388 g/mol. The van der Waals surface area contributed by atoms with Crippen LogP contribution in [0.2, 0.25) is 0 Å². The standard InChI is InChI=1S/C20H24N2O6/c1-6-26-18-14(24-4)8-12(9-15(18)25-5)17-13(10-21)19(22)28-11(3)16(17)20(23)27-7-2/h8-9,17H,6-7,22H2,1-5H3. The smallest absolute Gasteiger partial charge is 0.338 e. The van der Waals surface area contributed by atoms with Crippen LogP contribution in [0, 0.1) is 11.3 Å². The van der Waals surface area contributed by atoms with E-state index >= 15 is 0 Å². The molecule has 1 aliphatic rings. The molecular weight excluding hydrogens is 364 g/mol. The summed E-state index contributed by atoms with van der Waals surface area (Å²) < 4.78 is 27.1. The number of rotatable bonds is 7. The summed E-state index contributed by atoms with van der Waals surface area (Å²) in [5, 5.41) is 9.67. The maximum absolute atomic E-state index is 12.6. The van der Waals surface area contributed by atoms with E-state index in [4.69, 9.17) is 29.4 Å². The van der Waals surface area contributed by atoms with Crippen molar-refractivity contribution in [2.75, 3.05) is 27.4 Å². The first-order chi connectivity index (χ1) is 13.4. The molecule has 1 atom stereocenters. The molecule has 8 nitrogen and oxygen atoms in total. The fourth-order valence-electron chi connectivity index (χ4n) is 3.04. The van der Waals surface area contributed by atoms with E-state index in [1.807, 2.05) is 13.0 Å². The van der Waals surface area contributed by atoms with Gasteiger partial charge < -0.3 is 29.4 Å². The Kier molecular flexibility index (Phi) is 6.77. The molecule has 0 amide bonds. The lowest BCUT2D eigenvalue weighted by atomic mass is 9.83. The lowest BCUT2D eigenvalue weighted by molar-refractivity contribution is -0.139. The van der Waals surface area contributed by atoms with Crippen molar-refractivity contribution >= 4 is 5.97 Å². The number of hydrogen-bond donors (Lipinski definition) is 1. The fourth-order valence-corrected chi connectivity index (χ4v) is 3.04. The number of methoxy groups -OCH3 is 2. The van der Waals surface area contributed by atoms with Crippen molar-refractivity contribution < 1.29 is 28.5 Å². The van der Waals surface area contributed by atoms with Crippen molar-refractivity contribution in [2.24, 2.45) is 5.73 Å². The van der Waals surface area contributed by atoms with E-state index in [9.17, 15) is 10.1 Å². The Balaban J connectivity index is 2.74. The van der Waals surface area contributed by atoms with E-state index in [0.29, 0.717) is 29.4 Å². The molecule has 0 aromatic heterocycles. The van der Waals surface area contributed by atoms with Gasteiger partial charge in [-0.2, -0.15) is 5.26 Å². The first kappa shape index (κ1) is 21.0. The van der Waals surface area contributed by atoms with Crippen LogP contribution in [-0.2, 0) is 14.3 Å². The topological polar surface area (TPSA) is 113 Å². The molecule has 0 fully saturated rings. The number of ether oxygens (including phenoxy) is 5. The summed E-state index contributed by atoms with van der Waals surface area (Å²) >= 11 is 0. The lowest BCUT2D eigenvalue weighted by Gasteiger charge is -2.27. The molecule has 2 rings (SSSR count). The molecule has 28 heavy (non-hydrogen) atoms. The van der Waals surface area contributed by atoms with Crippen molar-refractivity contribution in [2.45, 2.75) is 26.7 Å². The number of nitrogens with two attached hydrogens (primary N) is 1. The molecule has 1 aromatic carbocycles. The lowest BCUT2D eigenvalue weighted by Crippen LogP contribution is -2.25. The minimum Gasteiger partial charge on any atom is -0.493 e. The molecule has 0 radical (unpaired) electrons. The second-order valence-electron chi connectivity index (χ2n) is 5.80. The van der Waals surface area contributed by atoms with Gasteiger partial charge in [-0.15, -0.1) is 0 Å². The number of benzene rings is 1. The molecule has 0 bridgehead atoms. The zero-order valence-electron chi connectivity index (χ0n) is 16.6. The van der Waals surface area contributed by atoms with E-state index in [1.165, 1.54) is 14.2 Å². The van der Waals surface area contributed by atoms with E-state index < -0.39 is 11.9 Å². The number of nitrogens with zero attached hydrogens (tertiary/aromatic N) is 1. The van der Waals surface area contributed by atoms with Gasteiger partial charge in [-0.25, -0.2) is 4.79 Å². The van der Waals surface area contributed by atoms with Crippen LogP contribution in [-0.4, -0.2) is 33.4 Å². The second-order valence-corrected chi connectivity index (χ2v) is 5.80. The average Bonchev–Trinajstić information content (AvgIpc) is 2.67. The van der Waals surface area contributed by atoms with Crippen LogP contribution in [0.5, 0.6) is 17.2 Å². The predicted molar refractivity (Wildman–Crippen MR) is 101 cm³/mol. The molecule has 0 aliphatic carbocycles. The Bertz CT molecular complexity index is 841. The predicted octanol–water partition coefficient (Wildman–Crippen LogP) is 2.75. The van der Waals surface area contributed by atoms with Crippen LogP contribution in [0.15, 0.2) is 34.9 Å². The minimum atomic E-state index is -0.795. The number of hydrogen-bond acceptors (Lipinski definition) is 8. The highest BCUT2D eigenvalue weighted by Crippen LogP contribution is 2.46. The Labute approximate surface area is 164 Å². The summed E-state index contributed by atoms with van der Waals surface area (Å²) in [5.41, 5.74) is 6.78. The zero-order chi connectivity index (χ0) is 20.8. The van der Waals surface area contributed by atoms with Gasteiger partial charge in [0.1, 0.15) is 17.4 Å². The highest BCUT2D eigenvalue weighted by Gasteiger charge is 2.37. The molecule has 0 saturated carbocycles. The van der Waals surface area contributed by atoms with Gasteiger partial charge in [0.2, 0.25) is 11.6 Å². The third-order valence-corrected chi connectivity index (χ3v) is 4.21. The van der Waals surface area contributed by atoms with Gasteiger partial charge in [-0.1, -0.05) is 0 Å². The molecule has 150 valence electrons. The first-order valence-electron chi connectivity index (χ1n) is 8.77. The molecule has 0 saturated heterocycles. The maximum atomic E-state index is 12.6. The Morgan fingerprint density at radius 1 is 1.21 bits per heavy atom. The number of carbonyl (C=O) groups excluding carboxylic acids is 1. The van der Waals surface area contributed by atoms with Gasteiger partial charge in [0.15, 0.2) is 11.5 Å². The third kappa shape index (κ3) is 3.83. The minimum absolute atomic E-state index is 0.0649. The molecule has 0 spiro atoms. The Morgan fingerprint density at radius 3 is 2.29 bits per heavy atom. The van der Waals surface area contributed by atoms with Crippen molar-refractivity contribution in [3.63, 3.8) is 0 Å². The van der Waals surface area contributed by atoms with Crippen LogP contribution in [0.1, 0.15) is 32.3 Å². The van der Waals surface area contributed by atoms with E-state index in [0.717, 1.165) is 0 Å². The SMILES string of the molecule is CCOC(=O)C1=C(C)OC(N)=C(C#N)C1c1cc(OC)c(OCC)c(OC)c1. The third-order valence-electron chi connectivity index (χ3n) is 4.21. The Morgan fingerprint density at radius 2 is 1.82 bits per heavy atom. The van der Waals surface area contributed by atoms with Gasteiger partial charge in [0, 0.05) is 0 Å². The van der Waals surface area contributed by atoms with Crippen LogP contribution >= 0.6 is 0 Å². The Hall–Kier alpha value is -3.34. The summed E-state index contributed by atoms with van der Waals surface area (Å²) in [6.07, 6.45) is 0. The number of allylic oxidation sites excluding steroid dienone is 2. The van der Waals surface area contributed by atoms with Crippen molar-refractivity contribution in [1.29, 1.82) is 5.26 Å². The van der Waals surface area contributed by atoms with Gasteiger partial charge in [0.25, 0.3) is 0 Å². The summed E-state index contributed by atoms with van der Waals surface area (Å²) in [6, 6.07) is 5.40. The summed E-state index contributed by atoms with van der Waals surface area (Å²) in [5.74, 6) is 0.0564. The van der Waals surface area contributed by atoms with Crippen LogP contribution in [0.4, 0.5) is 0 Å². The molecule has 1 aromatic rings. The summed E-state index contributed by atoms with van der Waals surface area (Å²) in [4.78, 5) is 12.6. The van der Waals surface area contributed by atoms with Gasteiger partial charge in [0.05, 0.1) is 38.9 Å². The van der Waals surface area contributed by atoms with Crippen molar-refractivity contribution in [3.8, 4) is 23.3 Å². The molecule has 2 N–H and O–H groups in total. The molecule has 1 heterocycles. The quantitative estimate of drug-likeness (QED) is 0.710. The first-order valence-corrected chi connectivity index (χ1v) is 8.77. The van der Waals surface area contributed by atoms with E-state index in [2.05, 4.69) is 0 Å². The van der Waals surface area contributed by atoms with E-state index in [1.54, 1.807) is 26.0 Å². The second kappa shape index (κ2) is 9.04. The van der Waals surface area contributed by atoms with Crippen LogP contribution in [0.3, 0.4) is 0 Å². The summed E-state index contributed by atoms with van der Waals surface area (Å²) in [6.45, 7) is 5.73. The largest absolute Gasteiger partial charge is 0.493 e. The number of nitriles is 1. The molecular formula is C20H24N2O6. The van der Waals surface area contributed by atoms with Crippen molar-refractivity contribution in [3.05, 3.63) is 40.5 Å². The number of esters is 1. The highest BCUT2D eigenvalue weighted by atomic mass is 16.5. The molecule has 1 aliphatic heterocycles. The highest BCUT2D eigenvalue weighted by molar-refractivity contribution is 5.92. The van der Waals surface area contributed by atoms with E-state index in [-0.39, 0.29) is 29.4 Å². The van der Waals surface area contributed by atoms with Gasteiger partial charge in [-0.3, -0.25) is 0 Å². The van der Waals surface area contributed by atoms with Crippen LogP contribution in [0.25, 0.3) is 0 Å². The molecule has 8 heteroatoms. The zero-order valence-corrected chi connectivity index (χ0v) is 16.6. The summed E-state index contributed by atoms with van der Waals surface area (Å²) in [7, 11) is 2.99. The van der Waals surface area contributed by atoms with Crippen LogP contribution < -0.4 is 19.9 Å². The maximum Gasteiger partial charge on any atom is 0.338 e. The van der Waals surface area contributed by atoms with Crippen molar-refractivity contribution in [1.82, 2.24) is 0 Å². The molecule has 1 unspecified atom stereocenters. The fraction of sp³-hybridized carbons (Fsp3) is 0.400. The monoisotopic (exact) mass is 388 g/mol. The normalized spacial score (nSPS) is 16.2.